The Bertz CT molecular complexity index is 1540. The van der Waals surface area contributed by atoms with Gasteiger partial charge in [-0.25, -0.2) is 19.7 Å². The van der Waals surface area contributed by atoms with Crippen molar-refractivity contribution in [1.82, 2.24) is 29.7 Å². The molecule has 210 valence electrons. The van der Waals surface area contributed by atoms with Crippen LogP contribution in [-0.4, -0.2) is 42.3 Å². The van der Waals surface area contributed by atoms with Gasteiger partial charge in [-0.3, -0.25) is 9.51 Å². The molecule has 10 heteroatoms. The lowest BCUT2D eigenvalue weighted by molar-refractivity contribution is -0.131. The van der Waals surface area contributed by atoms with Crippen molar-refractivity contribution in [1.29, 1.82) is 0 Å². The molecule has 0 bridgehead atoms. The molecule has 4 aromatic rings. The van der Waals surface area contributed by atoms with E-state index in [9.17, 15) is 4.79 Å². The first-order chi connectivity index (χ1) is 19.5. The fraction of sp³-hybridized carbons (Fsp3) is 0.567. The standard InChI is InChI=1S/C30H37N7O3/c1-18-11-13-20(14-12-18)17-37-23-24(31-19(2)21-7-6-8-21)32-26(27-35-29(38)40-36-27)33-25(23)34-28(37)30(15-16-39-30)22-9-4-3-5-10-22/h3-5,9-10,18-21H,6-8,11-17H2,1-2H3,(H,31,32,33)(H,35,36,38)/t18?,19-,20?,30?/m1/s1. The van der Waals surface area contributed by atoms with E-state index in [4.69, 9.17) is 24.2 Å². The third kappa shape index (κ3) is 4.42. The summed E-state index contributed by atoms with van der Waals surface area (Å²) in [5.41, 5.74) is 1.92. The maximum atomic E-state index is 11.8. The van der Waals surface area contributed by atoms with Gasteiger partial charge in [0.1, 0.15) is 11.3 Å². The zero-order chi connectivity index (χ0) is 27.3. The Labute approximate surface area is 233 Å². The zero-order valence-corrected chi connectivity index (χ0v) is 23.2. The van der Waals surface area contributed by atoms with E-state index in [-0.39, 0.29) is 17.7 Å². The lowest BCUT2D eigenvalue weighted by Gasteiger charge is -2.42. The first-order valence-electron chi connectivity index (χ1n) is 14.8. The Kier molecular flexibility index (Phi) is 6.45. The molecule has 1 aliphatic heterocycles. The van der Waals surface area contributed by atoms with E-state index < -0.39 is 11.4 Å². The number of benzene rings is 1. The minimum absolute atomic E-state index is 0.196. The van der Waals surface area contributed by atoms with Crippen molar-refractivity contribution >= 4 is 17.0 Å². The summed E-state index contributed by atoms with van der Waals surface area (Å²) in [6.07, 6.45) is 9.41. The third-order valence-corrected chi connectivity index (χ3v) is 9.46. The molecule has 0 radical (unpaired) electrons. The molecule has 0 amide bonds. The summed E-state index contributed by atoms with van der Waals surface area (Å²) < 4.78 is 13.6. The Morgan fingerprint density at radius 2 is 1.88 bits per heavy atom. The van der Waals surface area contributed by atoms with Crippen molar-refractivity contribution in [2.24, 2.45) is 17.8 Å². The van der Waals surface area contributed by atoms with Gasteiger partial charge in [-0.2, -0.15) is 0 Å². The fourth-order valence-corrected chi connectivity index (χ4v) is 6.64. The lowest BCUT2D eigenvalue weighted by Crippen LogP contribution is -2.44. The molecule has 1 unspecified atom stereocenters. The van der Waals surface area contributed by atoms with Crippen LogP contribution in [0.2, 0.25) is 0 Å². The molecule has 2 saturated carbocycles. The van der Waals surface area contributed by atoms with Crippen molar-refractivity contribution < 1.29 is 9.26 Å². The van der Waals surface area contributed by atoms with Crippen LogP contribution in [0.3, 0.4) is 0 Å². The van der Waals surface area contributed by atoms with E-state index in [0.717, 1.165) is 35.8 Å². The fourth-order valence-electron chi connectivity index (χ4n) is 6.64. The van der Waals surface area contributed by atoms with E-state index in [1.807, 2.05) is 6.07 Å². The van der Waals surface area contributed by atoms with E-state index in [2.05, 4.69) is 58.1 Å². The highest BCUT2D eigenvalue weighted by Crippen LogP contribution is 2.45. The zero-order valence-electron chi connectivity index (χ0n) is 23.2. The van der Waals surface area contributed by atoms with Crippen LogP contribution in [0.15, 0.2) is 39.6 Å². The van der Waals surface area contributed by atoms with Crippen LogP contribution in [0.1, 0.15) is 76.6 Å². The molecule has 2 N–H and O–H groups in total. The van der Waals surface area contributed by atoms with Crippen LogP contribution in [-0.2, 0) is 16.9 Å². The molecule has 4 heterocycles. The first kappa shape index (κ1) is 25.4. The largest absolute Gasteiger partial charge is 0.439 e. The molecule has 3 aliphatic rings. The average molecular weight is 544 g/mol. The van der Waals surface area contributed by atoms with Gasteiger partial charge in [0.25, 0.3) is 0 Å². The molecule has 3 aromatic heterocycles. The normalized spacial score (nSPS) is 25.9. The Morgan fingerprint density at radius 3 is 2.50 bits per heavy atom. The monoisotopic (exact) mass is 543 g/mol. The van der Waals surface area contributed by atoms with Gasteiger partial charge in [-0.05, 0) is 55.9 Å². The Balaban J connectivity index is 1.41. The predicted molar refractivity (Wildman–Crippen MR) is 151 cm³/mol. The molecule has 3 fully saturated rings. The SMILES string of the molecule is CC1CCC(Cn2c(C3(c4ccccc4)CCO3)nc3nc(-c4noc(=O)[nH]4)nc(N[C@H](C)C4CCC4)c32)CC1. The highest BCUT2D eigenvalue weighted by Gasteiger charge is 2.47. The number of aromatic nitrogens is 6. The molecule has 10 nitrogen and oxygen atoms in total. The number of nitrogens with one attached hydrogen (secondary N) is 2. The van der Waals surface area contributed by atoms with Gasteiger partial charge in [-0.15, -0.1) is 0 Å². The average Bonchev–Trinajstić information content (AvgIpc) is 3.48. The number of rotatable bonds is 8. The number of fused-ring (bicyclic) bond motifs is 1. The van der Waals surface area contributed by atoms with Crippen molar-refractivity contribution in [3.63, 3.8) is 0 Å². The summed E-state index contributed by atoms with van der Waals surface area (Å²) in [6, 6.07) is 10.6. The second kappa shape index (κ2) is 10.1. The number of hydrogen-bond donors (Lipinski definition) is 2. The molecule has 40 heavy (non-hydrogen) atoms. The first-order valence-corrected chi connectivity index (χ1v) is 14.8. The number of H-pyrrole nitrogens is 1. The van der Waals surface area contributed by atoms with Gasteiger partial charge >= 0.3 is 5.76 Å². The van der Waals surface area contributed by atoms with Gasteiger partial charge in [-0.1, -0.05) is 61.7 Å². The van der Waals surface area contributed by atoms with E-state index in [1.54, 1.807) is 0 Å². The highest BCUT2D eigenvalue weighted by atomic mass is 16.5. The number of imidazole rings is 1. The van der Waals surface area contributed by atoms with E-state index in [1.165, 1.54) is 44.9 Å². The number of ether oxygens (including phenoxy) is 1. The summed E-state index contributed by atoms with van der Waals surface area (Å²) in [6.45, 7) is 6.10. The Hall–Kier alpha value is -3.53. The topological polar surface area (TPSA) is 124 Å². The van der Waals surface area contributed by atoms with Crippen molar-refractivity contribution in [2.45, 2.75) is 83.4 Å². The minimum Gasteiger partial charge on any atom is -0.365 e. The van der Waals surface area contributed by atoms with Crippen molar-refractivity contribution in [3.05, 3.63) is 52.3 Å². The van der Waals surface area contributed by atoms with Crippen LogP contribution >= 0.6 is 0 Å². The second-order valence-electron chi connectivity index (χ2n) is 12.1. The van der Waals surface area contributed by atoms with Gasteiger partial charge in [0.05, 0.1) is 6.61 Å². The molecule has 2 aliphatic carbocycles. The van der Waals surface area contributed by atoms with Crippen LogP contribution < -0.4 is 11.1 Å². The summed E-state index contributed by atoms with van der Waals surface area (Å²) >= 11 is 0. The summed E-state index contributed by atoms with van der Waals surface area (Å²) in [5, 5.41) is 7.60. The maximum absolute atomic E-state index is 11.8. The van der Waals surface area contributed by atoms with Crippen LogP contribution in [0, 0.1) is 17.8 Å². The Morgan fingerprint density at radius 1 is 1.10 bits per heavy atom. The molecule has 1 aromatic carbocycles. The lowest BCUT2D eigenvalue weighted by atomic mass is 9.80. The van der Waals surface area contributed by atoms with Crippen LogP contribution in [0.4, 0.5) is 5.82 Å². The summed E-state index contributed by atoms with van der Waals surface area (Å²) in [5.74, 6) is 3.35. The van der Waals surface area contributed by atoms with E-state index >= 15 is 0 Å². The maximum Gasteiger partial charge on any atom is 0.439 e. The van der Waals surface area contributed by atoms with Gasteiger partial charge in [0.2, 0.25) is 11.6 Å². The highest BCUT2D eigenvalue weighted by molar-refractivity contribution is 5.86. The van der Waals surface area contributed by atoms with Crippen LogP contribution in [0.5, 0.6) is 0 Å². The third-order valence-electron chi connectivity index (χ3n) is 9.46. The van der Waals surface area contributed by atoms with Crippen LogP contribution in [0.25, 0.3) is 22.8 Å². The van der Waals surface area contributed by atoms with Crippen molar-refractivity contribution in [2.75, 3.05) is 11.9 Å². The number of hydrogen-bond acceptors (Lipinski definition) is 8. The molecule has 2 atom stereocenters. The quantitative estimate of drug-likeness (QED) is 0.308. The number of anilines is 1. The molecule has 7 rings (SSSR count). The minimum atomic E-state index is -0.639. The molecular formula is C30H37N7O3. The van der Waals surface area contributed by atoms with E-state index in [0.29, 0.717) is 29.9 Å². The predicted octanol–water partition coefficient (Wildman–Crippen LogP) is 5.26. The second-order valence-corrected chi connectivity index (χ2v) is 12.1. The summed E-state index contributed by atoms with van der Waals surface area (Å²) in [4.78, 5) is 29.3. The number of nitrogens with zero attached hydrogens (tertiary/aromatic N) is 5. The molecule has 0 spiro atoms. The van der Waals surface area contributed by atoms with Gasteiger partial charge < -0.3 is 14.6 Å². The van der Waals surface area contributed by atoms with Crippen molar-refractivity contribution in [3.8, 4) is 11.6 Å². The molecular weight excluding hydrogens is 506 g/mol. The van der Waals surface area contributed by atoms with Gasteiger partial charge in [0.15, 0.2) is 17.1 Å². The summed E-state index contributed by atoms with van der Waals surface area (Å²) in [7, 11) is 0. The van der Waals surface area contributed by atoms with Gasteiger partial charge in [0, 0.05) is 19.0 Å². The smallest absolute Gasteiger partial charge is 0.365 e. The number of aromatic amines is 1. The molecule has 1 saturated heterocycles.